The minimum Gasteiger partial charge on any atom is -0.364 e. The van der Waals surface area contributed by atoms with Gasteiger partial charge in [0, 0.05) is 0 Å². The number of hydrogen-bond acceptors (Lipinski definition) is 6. The normalized spacial score (nSPS) is 10.9. The first-order valence-corrected chi connectivity index (χ1v) is 6.83. The van der Waals surface area contributed by atoms with Gasteiger partial charge in [-0.15, -0.1) is 11.3 Å². The van der Waals surface area contributed by atoms with E-state index in [1.807, 2.05) is 12.1 Å². The molecule has 0 saturated carbocycles. The molecule has 0 saturated heterocycles. The third kappa shape index (κ3) is 2.38. The van der Waals surface area contributed by atoms with Gasteiger partial charge >= 0.3 is 0 Å². The molecule has 0 aliphatic rings. The zero-order valence-electron chi connectivity index (χ0n) is 8.55. The lowest BCUT2D eigenvalue weighted by Crippen LogP contribution is -2.00. The third-order valence-electron chi connectivity index (χ3n) is 2.16. The molecule has 0 aliphatic heterocycles. The van der Waals surface area contributed by atoms with Crippen LogP contribution < -0.4 is 5.32 Å². The smallest absolute Gasteiger partial charge is 0.127 e. The summed E-state index contributed by atoms with van der Waals surface area (Å²) < 4.78 is 5.88. The molecular weight excluding hydrogens is 276 g/mol. The molecule has 1 N–H and O–H groups in total. The molecule has 17 heavy (non-hydrogen) atoms. The van der Waals surface area contributed by atoms with Crippen LogP contribution in [0.15, 0.2) is 24.5 Å². The molecule has 0 bridgehead atoms. The zero-order chi connectivity index (χ0) is 11.7. The molecule has 0 spiro atoms. The van der Waals surface area contributed by atoms with Crippen molar-refractivity contribution in [3.63, 3.8) is 0 Å². The fourth-order valence-corrected chi connectivity index (χ4v) is 2.88. The average molecular weight is 283 g/mol. The van der Waals surface area contributed by atoms with Crippen LogP contribution in [0.4, 0.5) is 5.82 Å². The number of nitrogens with zero attached hydrogens (tertiary/aromatic N) is 3. The lowest BCUT2D eigenvalue weighted by molar-refractivity contribution is 1.09. The summed E-state index contributed by atoms with van der Waals surface area (Å²) in [7, 11) is 0. The fourth-order valence-electron chi connectivity index (χ4n) is 1.40. The highest BCUT2D eigenvalue weighted by atomic mass is 35.5. The van der Waals surface area contributed by atoms with Crippen molar-refractivity contribution in [2.45, 2.75) is 6.54 Å². The van der Waals surface area contributed by atoms with Crippen molar-refractivity contribution in [3.05, 3.63) is 33.9 Å². The Morgan fingerprint density at radius 2 is 2.24 bits per heavy atom. The molecule has 0 unspecified atom stereocenters. The van der Waals surface area contributed by atoms with Crippen LogP contribution in [-0.2, 0) is 6.54 Å². The van der Waals surface area contributed by atoms with Gasteiger partial charge in [0.25, 0.3) is 0 Å². The molecule has 0 fully saturated rings. The Morgan fingerprint density at radius 1 is 1.29 bits per heavy atom. The van der Waals surface area contributed by atoms with Crippen LogP contribution in [0.25, 0.3) is 10.2 Å². The maximum atomic E-state index is 5.81. The van der Waals surface area contributed by atoms with Crippen molar-refractivity contribution in [2.24, 2.45) is 0 Å². The number of rotatable bonds is 3. The van der Waals surface area contributed by atoms with E-state index in [0.717, 1.165) is 21.0 Å². The Morgan fingerprint density at radius 3 is 3.06 bits per heavy atom. The molecule has 0 aromatic carbocycles. The molecule has 3 aromatic heterocycles. The minimum absolute atomic E-state index is 0.632. The lowest BCUT2D eigenvalue weighted by Gasteiger charge is -2.02. The van der Waals surface area contributed by atoms with Crippen molar-refractivity contribution in [1.82, 2.24) is 14.3 Å². The molecule has 0 atom stereocenters. The van der Waals surface area contributed by atoms with Crippen LogP contribution in [0, 0.1) is 0 Å². The number of fused-ring (bicyclic) bond motifs is 1. The zero-order valence-corrected chi connectivity index (χ0v) is 10.9. The van der Waals surface area contributed by atoms with Crippen molar-refractivity contribution in [1.29, 1.82) is 0 Å². The molecular formula is C10H7ClN4S2. The summed E-state index contributed by atoms with van der Waals surface area (Å²) in [5.74, 6) is 0.823. The number of pyridine rings is 1. The van der Waals surface area contributed by atoms with Crippen molar-refractivity contribution in [2.75, 3.05) is 5.32 Å². The lowest BCUT2D eigenvalue weighted by atomic mass is 10.4. The molecule has 86 valence electrons. The Labute approximate surface area is 110 Å². The second-order valence-electron chi connectivity index (χ2n) is 3.32. The van der Waals surface area contributed by atoms with Gasteiger partial charge in [-0.25, -0.2) is 9.97 Å². The average Bonchev–Trinajstić information content (AvgIpc) is 2.94. The van der Waals surface area contributed by atoms with Crippen LogP contribution in [0.3, 0.4) is 0 Å². The number of hydrogen-bond donors (Lipinski definition) is 1. The fraction of sp³-hybridized carbons (Fsp3) is 0.100. The summed E-state index contributed by atoms with van der Waals surface area (Å²) >= 11 is 8.72. The van der Waals surface area contributed by atoms with Gasteiger partial charge in [0.15, 0.2) is 0 Å². The number of aromatic nitrogens is 3. The largest absolute Gasteiger partial charge is 0.364 e. The van der Waals surface area contributed by atoms with E-state index in [1.165, 1.54) is 22.9 Å². The third-order valence-corrected chi connectivity index (χ3v) is 4.03. The van der Waals surface area contributed by atoms with E-state index < -0.39 is 0 Å². The molecule has 0 amide bonds. The van der Waals surface area contributed by atoms with Crippen LogP contribution in [0.5, 0.6) is 0 Å². The Bertz CT molecular complexity index is 648. The van der Waals surface area contributed by atoms with Gasteiger partial charge in [0.1, 0.15) is 20.7 Å². The van der Waals surface area contributed by atoms with Crippen LogP contribution in [0.1, 0.15) is 5.01 Å². The molecule has 4 nitrogen and oxygen atoms in total. The maximum Gasteiger partial charge on any atom is 0.127 e. The van der Waals surface area contributed by atoms with E-state index >= 15 is 0 Å². The topological polar surface area (TPSA) is 50.7 Å². The van der Waals surface area contributed by atoms with Crippen molar-refractivity contribution in [3.8, 4) is 0 Å². The number of anilines is 1. The van der Waals surface area contributed by atoms with E-state index in [9.17, 15) is 0 Å². The van der Waals surface area contributed by atoms with Gasteiger partial charge in [0.2, 0.25) is 0 Å². The summed E-state index contributed by atoms with van der Waals surface area (Å²) in [6.07, 6.45) is 3.42. The van der Waals surface area contributed by atoms with Crippen LogP contribution >= 0.6 is 34.5 Å². The first kappa shape index (κ1) is 10.9. The first-order valence-electron chi connectivity index (χ1n) is 4.87. The van der Waals surface area contributed by atoms with Gasteiger partial charge in [-0.05, 0) is 23.7 Å². The standard InChI is InChI=1S/C10H7ClN4S2/c11-8-4-13-10(16-8)5-12-9-2-1-7-6(15-9)3-14-17-7/h1-4H,5H2,(H,12,15). The predicted octanol–water partition coefficient (Wildman–Crippen LogP) is 3.41. The van der Waals surface area contributed by atoms with Crippen molar-refractivity contribution >= 4 is 50.5 Å². The maximum absolute atomic E-state index is 5.81. The van der Waals surface area contributed by atoms with Gasteiger partial charge < -0.3 is 5.32 Å². The number of nitrogens with one attached hydrogen (secondary N) is 1. The summed E-state index contributed by atoms with van der Waals surface area (Å²) in [6.45, 7) is 0.632. The van der Waals surface area contributed by atoms with E-state index in [-0.39, 0.29) is 0 Å². The molecule has 7 heteroatoms. The summed E-state index contributed by atoms with van der Waals surface area (Å²) in [4.78, 5) is 8.61. The monoisotopic (exact) mass is 282 g/mol. The van der Waals surface area contributed by atoms with E-state index in [2.05, 4.69) is 19.7 Å². The van der Waals surface area contributed by atoms with Crippen molar-refractivity contribution < 1.29 is 0 Å². The molecule has 0 radical (unpaired) electrons. The highest BCUT2D eigenvalue weighted by molar-refractivity contribution is 7.15. The second kappa shape index (κ2) is 4.56. The van der Waals surface area contributed by atoms with Crippen LogP contribution in [0.2, 0.25) is 4.34 Å². The highest BCUT2D eigenvalue weighted by Gasteiger charge is 2.02. The highest BCUT2D eigenvalue weighted by Crippen LogP contribution is 2.21. The van der Waals surface area contributed by atoms with Crippen LogP contribution in [-0.4, -0.2) is 14.3 Å². The Kier molecular flexibility index (Phi) is 2.92. The molecule has 3 rings (SSSR count). The quantitative estimate of drug-likeness (QED) is 0.800. The first-order chi connectivity index (χ1) is 8.31. The van der Waals surface area contributed by atoms with E-state index in [1.54, 1.807) is 12.4 Å². The summed E-state index contributed by atoms with van der Waals surface area (Å²) in [6, 6.07) is 3.95. The molecule has 3 heterocycles. The van der Waals surface area contributed by atoms with E-state index in [4.69, 9.17) is 11.6 Å². The second-order valence-corrected chi connectivity index (χ2v) is 5.90. The van der Waals surface area contributed by atoms with E-state index in [0.29, 0.717) is 10.9 Å². The Hall–Kier alpha value is -1.24. The Balaban J connectivity index is 1.76. The summed E-state index contributed by atoms with van der Waals surface area (Å²) in [5.41, 5.74) is 0.914. The SMILES string of the molecule is Clc1cnc(CNc2ccc3sncc3n2)s1. The summed E-state index contributed by atoms with van der Waals surface area (Å²) in [5, 5.41) is 4.16. The molecule has 3 aromatic rings. The molecule has 0 aliphatic carbocycles. The van der Waals surface area contributed by atoms with Gasteiger partial charge in [0.05, 0.1) is 23.6 Å². The predicted molar refractivity (Wildman–Crippen MR) is 71.9 cm³/mol. The van der Waals surface area contributed by atoms with Gasteiger partial charge in [-0.2, -0.15) is 4.37 Å². The minimum atomic E-state index is 0.632. The van der Waals surface area contributed by atoms with Gasteiger partial charge in [-0.3, -0.25) is 0 Å². The number of thiazole rings is 1. The number of halogens is 1. The van der Waals surface area contributed by atoms with Gasteiger partial charge in [-0.1, -0.05) is 11.6 Å².